The van der Waals surface area contributed by atoms with Gasteiger partial charge < -0.3 is 33.2 Å². The van der Waals surface area contributed by atoms with E-state index in [-0.39, 0.29) is 42.0 Å². The van der Waals surface area contributed by atoms with Gasteiger partial charge in [0.1, 0.15) is 17.8 Å². The van der Waals surface area contributed by atoms with Gasteiger partial charge in [0, 0.05) is 36.2 Å². The third-order valence-corrected chi connectivity index (χ3v) is 9.50. The molecule has 5 heterocycles. The summed E-state index contributed by atoms with van der Waals surface area (Å²) < 4.78 is 43.7. The molecule has 0 radical (unpaired) electrons. The highest BCUT2D eigenvalue weighted by Crippen LogP contribution is 2.68. The summed E-state index contributed by atoms with van der Waals surface area (Å²) in [4.78, 5) is 13.7. The van der Waals surface area contributed by atoms with Gasteiger partial charge in [-0.15, -0.1) is 0 Å². The Kier molecular flexibility index (Phi) is 4.93. The normalized spacial score (nSPS) is 52.1. The van der Waals surface area contributed by atoms with Crippen LogP contribution in [0, 0.1) is 22.7 Å². The molecule has 0 amide bonds. The van der Waals surface area contributed by atoms with E-state index in [2.05, 4.69) is 20.8 Å². The smallest absolute Gasteiger partial charge is 0.185 e. The highest BCUT2D eigenvalue weighted by atomic mass is 16.7. The number of fused-ring (bicyclic) bond motifs is 10. The van der Waals surface area contributed by atoms with Crippen molar-refractivity contribution in [3.05, 3.63) is 12.2 Å². The number of rotatable bonds is 3. The lowest BCUT2D eigenvalue weighted by Gasteiger charge is -2.55. The number of carbonyl (C=O) groups excluding carboxylic acids is 1. The maximum atomic E-state index is 13.7. The van der Waals surface area contributed by atoms with Crippen molar-refractivity contribution < 1.29 is 38.0 Å². The van der Waals surface area contributed by atoms with E-state index in [1.54, 1.807) is 7.11 Å². The van der Waals surface area contributed by atoms with Gasteiger partial charge >= 0.3 is 0 Å². The molecule has 0 N–H and O–H groups in total. The van der Waals surface area contributed by atoms with Crippen LogP contribution in [-0.4, -0.2) is 80.4 Å². The molecule has 0 unspecified atom stereocenters. The lowest BCUT2D eigenvalue weighted by molar-refractivity contribution is -0.312. The summed E-state index contributed by atoms with van der Waals surface area (Å²) in [5.74, 6) is -1.42. The zero-order valence-corrected chi connectivity index (χ0v) is 21.3. The molecular formula is C26H38O8. The minimum absolute atomic E-state index is 0.0240. The van der Waals surface area contributed by atoms with Gasteiger partial charge in [0.2, 0.25) is 0 Å². The Hall–Kier alpha value is -0.870. The molecule has 0 aromatic rings. The van der Waals surface area contributed by atoms with Gasteiger partial charge in [-0.3, -0.25) is 4.79 Å². The van der Waals surface area contributed by atoms with Crippen LogP contribution in [0.15, 0.2) is 12.2 Å². The second-order valence-corrected chi connectivity index (χ2v) is 12.4. The number of methoxy groups -OCH3 is 1. The quantitative estimate of drug-likeness (QED) is 0.452. The third-order valence-electron chi connectivity index (χ3n) is 9.50. The first kappa shape index (κ1) is 23.5. The van der Waals surface area contributed by atoms with Crippen LogP contribution in [-0.2, 0) is 38.0 Å². The maximum Gasteiger partial charge on any atom is 0.185 e. The van der Waals surface area contributed by atoms with Crippen molar-refractivity contribution in [2.24, 2.45) is 22.7 Å². The van der Waals surface area contributed by atoms with Crippen LogP contribution in [0.1, 0.15) is 48.0 Å². The number of hydrogen-bond donors (Lipinski definition) is 0. The Morgan fingerprint density at radius 1 is 0.912 bits per heavy atom. The molecule has 6 aliphatic rings. The first-order chi connectivity index (χ1) is 15.9. The van der Waals surface area contributed by atoms with Crippen LogP contribution in [0.25, 0.3) is 0 Å². The summed E-state index contributed by atoms with van der Waals surface area (Å²) in [5.41, 5.74) is -1.89. The molecule has 0 spiro atoms. The van der Waals surface area contributed by atoms with E-state index >= 15 is 0 Å². The molecule has 8 heteroatoms. The average Bonchev–Trinajstić information content (AvgIpc) is 3.38. The van der Waals surface area contributed by atoms with Crippen LogP contribution in [0.4, 0.5) is 0 Å². The van der Waals surface area contributed by atoms with Crippen molar-refractivity contribution in [3.8, 4) is 0 Å². The lowest BCUT2D eigenvalue weighted by atomic mass is 9.52. The summed E-state index contributed by atoms with van der Waals surface area (Å²) in [7, 11) is 1.71. The molecule has 2 bridgehead atoms. The van der Waals surface area contributed by atoms with Gasteiger partial charge in [0.15, 0.2) is 17.4 Å². The van der Waals surface area contributed by atoms with Crippen molar-refractivity contribution >= 4 is 5.78 Å². The van der Waals surface area contributed by atoms with Gasteiger partial charge in [0.05, 0.1) is 38.1 Å². The minimum Gasteiger partial charge on any atom is -0.371 e. The van der Waals surface area contributed by atoms with E-state index in [9.17, 15) is 4.79 Å². The van der Waals surface area contributed by atoms with Crippen molar-refractivity contribution in [1.29, 1.82) is 0 Å². The van der Waals surface area contributed by atoms with E-state index in [0.29, 0.717) is 26.2 Å². The molecule has 34 heavy (non-hydrogen) atoms. The summed E-state index contributed by atoms with van der Waals surface area (Å²) in [5, 5.41) is 0. The Labute approximate surface area is 201 Å². The van der Waals surface area contributed by atoms with E-state index in [1.165, 1.54) is 0 Å². The maximum absolute atomic E-state index is 13.7. The monoisotopic (exact) mass is 478 g/mol. The summed E-state index contributed by atoms with van der Waals surface area (Å²) >= 11 is 0. The summed E-state index contributed by atoms with van der Waals surface area (Å²) in [6.07, 6.45) is 3.16. The number of hydrogen-bond acceptors (Lipinski definition) is 8. The molecule has 0 aromatic carbocycles. The van der Waals surface area contributed by atoms with Gasteiger partial charge in [-0.05, 0) is 32.9 Å². The lowest BCUT2D eigenvalue weighted by Crippen LogP contribution is -2.65. The average molecular weight is 479 g/mol. The Balaban J connectivity index is 1.47. The van der Waals surface area contributed by atoms with Crippen LogP contribution in [0.3, 0.4) is 0 Å². The molecule has 9 atom stereocenters. The fourth-order valence-corrected chi connectivity index (χ4v) is 7.76. The van der Waals surface area contributed by atoms with E-state index in [4.69, 9.17) is 33.2 Å². The Bertz CT molecular complexity index is 906. The topological polar surface area (TPSA) is 85.0 Å². The fraction of sp³-hybridized carbons (Fsp3) is 0.885. The predicted octanol–water partition coefficient (Wildman–Crippen LogP) is 2.63. The second kappa shape index (κ2) is 7.12. The first-order valence-electron chi connectivity index (χ1n) is 12.6. The molecule has 1 aliphatic carbocycles. The van der Waals surface area contributed by atoms with Crippen molar-refractivity contribution in [2.45, 2.75) is 95.7 Å². The third kappa shape index (κ3) is 3.00. The number of epoxide rings is 1. The molecule has 6 rings (SSSR count). The molecular weight excluding hydrogens is 440 g/mol. The fourth-order valence-electron chi connectivity index (χ4n) is 7.76. The van der Waals surface area contributed by atoms with Gasteiger partial charge in [-0.2, -0.15) is 0 Å². The van der Waals surface area contributed by atoms with Crippen molar-refractivity contribution in [2.75, 3.05) is 26.9 Å². The molecule has 5 saturated heterocycles. The van der Waals surface area contributed by atoms with Crippen molar-refractivity contribution in [1.82, 2.24) is 0 Å². The van der Waals surface area contributed by atoms with Crippen LogP contribution >= 0.6 is 0 Å². The van der Waals surface area contributed by atoms with Crippen LogP contribution < -0.4 is 0 Å². The molecule has 1 saturated carbocycles. The standard InChI is InChI=1S/C26H38O8/c1-22(2)12-15(27)19-25(6)16(14-13-31-23(3,4)34-17(14)18-21(25)32-18)20(33-19)26(22,28-7)9-8-24(5)29-10-11-30-24/h8-9,14,16-21H,10-13H2,1-7H3/b9-8+/t14-,16+,17+,18+,19-,20-,21+,25+,26+/m0/s1. The SMILES string of the molecule is CO[C@]1(/C=C/C2(C)OCCO2)[C@H]2O[C@@H](C(=O)CC1(C)C)[C@@]1(C)[C@@H]2[C@@H]2COC(C)(C)O[C@H]2[C@H]2O[C@H]21. The van der Waals surface area contributed by atoms with Gasteiger partial charge in [-0.1, -0.05) is 20.8 Å². The van der Waals surface area contributed by atoms with Crippen molar-refractivity contribution in [3.63, 3.8) is 0 Å². The number of ketones is 1. The molecule has 190 valence electrons. The van der Waals surface area contributed by atoms with E-state index < -0.39 is 34.1 Å². The number of Topliss-reactive ketones (excluding diaryl/α,β-unsaturated/α-hetero) is 1. The molecule has 0 aromatic heterocycles. The predicted molar refractivity (Wildman–Crippen MR) is 120 cm³/mol. The zero-order valence-electron chi connectivity index (χ0n) is 21.3. The number of carbonyl (C=O) groups is 1. The van der Waals surface area contributed by atoms with Gasteiger partial charge in [-0.25, -0.2) is 0 Å². The Morgan fingerprint density at radius 3 is 2.29 bits per heavy atom. The van der Waals surface area contributed by atoms with Crippen LogP contribution in [0.5, 0.6) is 0 Å². The largest absolute Gasteiger partial charge is 0.371 e. The van der Waals surface area contributed by atoms with Crippen LogP contribution in [0.2, 0.25) is 0 Å². The Morgan fingerprint density at radius 2 is 1.62 bits per heavy atom. The molecule has 8 nitrogen and oxygen atoms in total. The van der Waals surface area contributed by atoms with E-state index in [0.717, 1.165) is 0 Å². The van der Waals surface area contributed by atoms with Gasteiger partial charge in [0.25, 0.3) is 0 Å². The summed E-state index contributed by atoms with van der Waals surface area (Å²) in [6.45, 7) is 13.7. The molecule has 5 aliphatic heterocycles. The zero-order chi connectivity index (χ0) is 24.3. The molecule has 6 fully saturated rings. The minimum atomic E-state index is -0.891. The second-order valence-electron chi connectivity index (χ2n) is 12.4. The van der Waals surface area contributed by atoms with E-state index in [1.807, 2.05) is 32.9 Å². The highest BCUT2D eigenvalue weighted by molar-refractivity contribution is 5.86. The number of ether oxygens (including phenoxy) is 7. The highest BCUT2D eigenvalue weighted by Gasteiger charge is 2.79. The first-order valence-corrected chi connectivity index (χ1v) is 12.6. The summed E-state index contributed by atoms with van der Waals surface area (Å²) in [6, 6.07) is 0.